The number of carbonyl (C=O) groups excluding carboxylic acids is 1. The topological polar surface area (TPSA) is 75.7 Å². The number of nitrogens with one attached hydrogen (secondary N) is 1. The number of ether oxygens (including phenoxy) is 1. The highest BCUT2D eigenvalue weighted by molar-refractivity contribution is 7.92. The van der Waals surface area contributed by atoms with E-state index >= 15 is 0 Å². The lowest BCUT2D eigenvalue weighted by molar-refractivity contribution is -0.120. The molecule has 2 aromatic carbocycles. The molecular formula is C21H25ClN2O4S. The average molecular weight is 437 g/mol. The van der Waals surface area contributed by atoms with Gasteiger partial charge >= 0.3 is 0 Å². The summed E-state index contributed by atoms with van der Waals surface area (Å²) in [6.45, 7) is 5.36. The maximum Gasteiger partial charge on any atom is 0.241 e. The van der Waals surface area contributed by atoms with E-state index in [0.717, 1.165) is 21.9 Å². The van der Waals surface area contributed by atoms with Gasteiger partial charge in [0.25, 0.3) is 0 Å². The third-order valence-electron chi connectivity index (χ3n) is 4.84. The highest BCUT2D eigenvalue weighted by atomic mass is 35.5. The van der Waals surface area contributed by atoms with Gasteiger partial charge in [0, 0.05) is 17.0 Å². The number of sulfonamides is 1. The van der Waals surface area contributed by atoms with Crippen LogP contribution in [-0.4, -0.2) is 32.7 Å². The summed E-state index contributed by atoms with van der Waals surface area (Å²) in [4.78, 5) is 12.9. The number of para-hydroxylation sites is 1. The first-order valence-corrected chi connectivity index (χ1v) is 11.5. The van der Waals surface area contributed by atoms with Gasteiger partial charge < -0.3 is 10.1 Å². The molecule has 1 aliphatic rings. The number of hydrogen-bond donors (Lipinski definition) is 1. The minimum Gasteiger partial charge on any atom is -0.487 e. The van der Waals surface area contributed by atoms with Crippen molar-refractivity contribution in [1.82, 2.24) is 5.32 Å². The molecule has 1 heterocycles. The van der Waals surface area contributed by atoms with E-state index in [-0.39, 0.29) is 12.6 Å². The molecule has 8 heteroatoms. The van der Waals surface area contributed by atoms with Crippen molar-refractivity contribution in [2.75, 3.05) is 17.1 Å². The third kappa shape index (κ3) is 5.03. The molecule has 0 bridgehead atoms. The van der Waals surface area contributed by atoms with Crippen LogP contribution in [0.25, 0.3) is 0 Å². The second-order valence-corrected chi connectivity index (χ2v) is 10.3. The van der Waals surface area contributed by atoms with Crippen LogP contribution >= 0.6 is 11.6 Å². The first-order chi connectivity index (χ1) is 13.5. The molecule has 0 radical (unpaired) electrons. The fourth-order valence-electron chi connectivity index (χ4n) is 3.53. The molecule has 0 aliphatic carbocycles. The van der Waals surface area contributed by atoms with Crippen LogP contribution in [0, 0.1) is 6.92 Å². The van der Waals surface area contributed by atoms with Crippen LogP contribution in [0.1, 0.15) is 37.4 Å². The normalized spacial score (nSPS) is 17.8. The average Bonchev–Trinajstić information content (AvgIpc) is 2.60. The number of hydrogen-bond acceptors (Lipinski definition) is 4. The molecule has 0 saturated carbocycles. The van der Waals surface area contributed by atoms with Gasteiger partial charge in [-0.25, -0.2) is 8.42 Å². The third-order valence-corrected chi connectivity index (χ3v) is 6.20. The van der Waals surface area contributed by atoms with Crippen LogP contribution < -0.4 is 14.4 Å². The highest BCUT2D eigenvalue weighted by Gasteiger charge is 2.35. The van der Waals surface area contributed by atoms with Crippen LogP contribution in [-0.2, 0) is 14.8 Å². The van der Waals surface area contributed by atoms with Crippen LogP contribution in [0.2, 0.25) is 5.02 Å². The van der Waals surface area contributed by atoms with E-state index in [1.807, 2.05) is 38.1 Å². The number of halogens is 1. The van der Waals surface area contributed by atoms with Gasteiger partial charge in [0.15, 0.2) is 0 Å². The smallest absolute Gasteiger partial charge is 0.241 e. The molecule has 1 atom stereocenters. The zero-order valence-electron chi connectivity index (χ0n) is 16.9. The largest absolute Gasteiger partial charge is 0.487 e. The maximum atomic E-state index is 12.9. The molecule has 0 unspecified atom stereocenters. The van der Waals surface area contributed by atoms with E-state index in [0.29, 0.717) is 22.7 Å². The predicted octanol–water partition coefficient (Wildman–Crippen LogP) is 3.83. The van der Waals surface area contributed by atoms with Crippen LogP contribution in [0.5, 0.6) is 5.75 Å². The molecule has 1 amide bonds. The fraction of sp³-hybridized carbons (Fsp3) is 0.381. The quantitative estimate of drug-likeness (QED) is 0.772. The fourth-order valence-corrected chi connectivity index (χ4v) is 4.61. The molecule has 1 aliphatic heterocycles. The van der Waals surface area contributed by atoms with Crippen molar-refractivity contribution in [3.8, 4) is 5.75 Å². The molecular weight excluding hydrogens is 412 g/mol. The Labute approximate surface area is 176 Å². The van der Waals surface area contributed by atoms with E-state index in [9.17, 15) is 13.2 Å². The van der Waals surface area contributed by atoms with Crippen LogP contribution in [0.15, 0.2) is 42.5 Å². The van der Waals surface area contributed by atoms with Crippen molar-refractivity contribution in [3.63, 3.8) is 0 Å². The molecule has 2 aromatic rings. The van der Waals surface area contributed by atoms with Crippen molar-refractivity contribution in [2.24, 2.45) is 0 Å². The van der Waals surface area contributed by atoms with Gasteiger partial charge in [-0.2, -0.15) is 0 Å². The SMILES string of the molecule is Cc1ccc(Cl)cc1N(CC(=O)N[C@H]1CC(C)(C)Oc2ccccc21)S(C)(=O)=O. The minimum absolute atomic E-state index is 0.274. The molecule has 1 N–H and O–H groups in total. The van der Waals surface area contributed by atoms with Crippen LogP contribution in [0.3, 0.4) is 0 Å². The molecule has 3 rings (SSSR count). The van der Waals surface area contributed by atoms with Crippen LogP contribution in [0.4, 0.5) is 5.69 Å². The van der Waals surface area contributed by atoms with Gasteiger partial charge in [-0.05, 0) is 44.5 Å². The standard InChI is InChI=1S/C21H25ClN2O4S/c1-14-9-10-15(22)11-18(14)24(29(4,26)27)13-20(25)23-17-12-21(2,3)28-19-8-6-5-7-16(17)19/h5-11,17H,12-13H2,1-4H3,(H,23,25)/t17-/m0/s1. The van der Waals surface area contributed by atoms with Crippen molar-refractivity contribution in [3.05, 3.63) is 58.6 Å². The van der Waals surface area contributed by atoms with E-state index < -0.39 is 21.5 Å². The van der Waals surface area contributed by atoms with Crippen molar-refractivity contribution >= 4 is 33.2 Å². The monoisotopic (exact) mass is 436 g/mol. The number of rotatable bonds is 5. The minimum atomic E-state index is -3.69. The van der Waals surface area contributed by atoms with Crippen molar-refractivity contribution in [2.45, 2.75) is 38.8 Å². The Balaban J connectivity index is 1.86. The lowest BCUT2D eigenvalue weighted by Gasteiger charge is -2.38. The van der Waals surface area contributed by atoms with E-state index in [4.69, 9.17) is 16.3 Å². The Bertz CT molecular complexity index is 1040. The van der Waals surface area contributed by atoms with Crippen molar-refractivity contribution in [1.29, 1.82) is 0 Å². The second-order valence-electron chi connectivity index (χ2n) is 7.92. The Morgan fingerprint density at radius 3 is 2.66 bits per heavy atom. The highest BCUT2D eigenvalue weighted by Crippen LogP contribution is 2.39. The van der Waals surface area contributed by atoms with E-state index in [1.165, 1.54) is 0 Å². The van der Waals surface area contributed by atoms with Gasteiger partial charge in [0.2, 0.25) is 15.9 Å². The summed E-state index contributed by atoms with van der Waals surface area (Å²) < 4.78 is 31.9. The summed E-state index contributed by atoms with van der Waals surface area (Å²) >= 11 is 6.05. The molecule has 0 aromatic heterocycles. The lowest BCUT2D eigenvalue weighted by atomic mass is 9.89. The zero-order valence-corrected chi connectivity index (χ0v) is 18.5. The summed E-state index contributed by atoms with van der Waals surface area (Å²) in [6, 6.07) is 12.2. The molecule has 0 fully saturated rings. The number of benzene rings is 2. The Hall–Kier alpha value is -2.25. The molecule has 6 nitrogen and oxygen atoms in total. The summed E-state index contributed by atoms with van der Waals surface area (Å²) in [5.41, 5.74) is 1.53. The number of anilines is 1. The number of amides is 1. The number of nitrogens with zero attached hydrogens (tertiary/aromatic N) is 1. The Morgan fingerprint density at radius 1 is 1.28 bits per heavy atom. The van der Waals surface area contributed by atoms with E-state index in [2.05, 4.69) is 5.32 Å². The number of fused-ring (bicyclic) bond motifs is 1. The Kier molecular flexibility index (Phi) is 5.83. The first kappa shape index (κ1) is 21.5. The van der Waals surface area contributed by atoms with Gasteiger partial charge in [-0.1, -0.05) is 35.9 Å². The number of carbonyl (C=O) groups is 1. The molecule has 29 heavy (non-hydrogen) atoms. The summed E-state index contributed by atoms with van der Waals surface area (Å²) in [7, 11) is -3.69. The number of aryl methyl sites for hydroxylation is 1. The van der Waals surface area contributed by atoms with Gasteiger partial charge in [-0.3, -0.25) is 9.10 Å². The molecule has 0 saturated heterocycles. The Morgan fingerprint density at radius 2 is 1.97 bits per heavy atom. The molecule has 156 valence electrons. The summed E-state index contributed by atoms with van der Waals surface area (Å²) in [6.07, 6.45) is 1.65. The summed E-state index contributed by atoms with van der Waals surface area (Å²) in [5.74, 6) is 0.326. The van der Waals surface area contributed by atoms with Gasteiger partial charge in [0.1, 0.15) is 17.9 Å². The maximum absolute atomic E-state index is 12.9. The zero-order chi connectivity index (χ0) is 21.4. The van der Waals surface area contributed by atoms with Crippen molar-refractivity contribution < 1.29 is 17.9 Å². The first-order valence-electron chi connectivity index (χ1n) is 9.27. The second kappa shape index (κ2) is 7.88. The lowest BCUT2D eigenvalue weighted by Crippen LogP contribution is -2.45. The van der Waals surface area contributed by atoms with Gasteiger partial charge in [0.05, 0.1) is 18.0 Å². The van der Waals surface area contributed by atoms with E-state index in [1.54, 1.807) is 25.1 Å². The predicted molar refractivity (Wildman–Crippen MR) is 115 cm³/mol. The summed E-state index contributed by atoms with van der Waals surface area (Å²) in [5, 5.41) is 3.38. The van der Waals surface area contributed by atoms with Gasteiger partial charge in [-0.15, -0.1) is 0 Å². The molecule has 0 spiro atoms.